The lowest BCUT2D eigenvalue weighted by atomic mass is 10.2. The van der Waals surface area contributed by atoms with E-state index >= 15 is 0 Å². The van der Waals surface area contributed by atoms with Crippen molar-refractivity contribution in [2.24, 2.45) is 0 Å². The van der Waals surface area contributed by atoms with Crippen molar-refractivity contribution in [2.75, 3.05) is 26.4 Å². The largest absolute Gasteiger partial charge is 0.395 e. The molecule has 3 heterocycles. The summed E-state index contributed by atoms with van der Waals surface area (Å²) in [7, 11) is 0. The molecule has 1 aliphatic rings. The van der Waals surface area contributed by atoms with Gasteiger partial charge in [0.05, 0.1) is 32.4 Å². The fourth-order valence-corrected chi connectivity index (χ4v) is 2.16. The van der Waals surface area contributed by atoms with Gasteiger partial charge in [-0.3, -0.25) is 9.88 Å². The molecule has 0 spiro atoms. The van der Waals surface area contributed by atoms with Crippen molar-refractivity contribution in [1.29, 1.82) is 0 Å². The van der Waals surface area contributed by atoms with Gasteiger partial charge in [0.25, 0.3) is 0 Å². The van der Waals surface area contributed by atoms with Crippen molar-refractivity contribution in [1.82, 2.24) is 20.0 Å². The molecule has 1 fully saturated rings. The van der Waals surface area contributed by atoms with E-state index in [1.165, 1.54) is 0 Å². The Morgan fingerprint density at radius 1 is 1.40 bits per heavy atom. The number of pyridine rings is 1. The van der Waals surface area contributed by atoms with Crippen LogP contribution in [0.5, 0.6) is 0 Å². The van der Waals surface area contributed by atoms with Gasteiger partial charge >= 0.3 is 0 Å². The average Bonchev–Trinajstić information content (AvgIpc) is 2.97. The summed E-state index contributed by atoms with van der Waals surface area (Å²) in [6, 6.07) is 5.53. The van der Waals surface area contributed by atoms with E-state index in [1.54, 1.807) is 6.20 Å². The zero-order valence-corrected chi connectivity index (χ0v) is 11.0. The molecule has 1 unspecified atom stereocenters. The molecule has 7 nitrogen and oxygen atoms in total. The maximum Gasteiger partial charge on any atom is 0.241 e. The van der Waals surface area contributed by atoms with E-state index in [0.29, 0.717) is 37.2 Å². The summed E-state index contributed by atoms with van der Waals surface area (Å²) >= 11 is 0. The van der Waals surface area contributed by atoms with Crippen LogP contribution in [-0.4, -0.2) is 57.5 Å². The van der Waals surface area contributed by atoms with Crippen molar-refractivity contribution in [3.8, 4) is 11.5 Å². The first kappa shape index (κ1) is 13.2. The summed E-state index contributed by atoms with van der Waals surface area (Å²) in [5.41, 5.74) is 0.684. The van der Waals surface area contributed by atoms with Gasteiger partial charge in [-0.05, 0) is 12.1 Å². The van der Waals surface area contributed by atoms with Crippen molar-refractivity contribution in [2.45, 2.75) is 12.6 Å². The zero-order chi connectivity index (χ0) is 13.8. The van der Waals surface area contributed by atoms with Gasteiger partial charge in [0, 0.05) is 12.7 Å². The normalized spacial score (nSPS) is 20.1. The third kappa shape index (κ3) is 2.84. The predicted octanol–water partition coefficient (Wildman–Crippen LogP) is 0.325. The number of hydrogen-bond donors (Lipinski definition) is 1. The van der Waals surface area contributed by atoms with E-state index in [9.17, 15) is 5.11 Å². The highest BCUT2D eigenvalue weighted by Gasteiger charge is 2.24. The summed E-state index contributed by atoms with van der Waals surface area (Å²) in [4.78, 5) is 10.6. The van der Waals surface area contributed by atoms with Gasteiger partial charge in [-0.1, -0.05) is 11.2 Å². The maximum atomic E-state index is 9.32. The van der Waals surface area contributed by atoms with Gasteiger partial charge in [0.15, 0.2) is 0 Å². The lowest BCUT2D eigenvalue weighted by Crippen LogP contribution is -2.46. The lowest BCUT2D eigenvalue weighted by molar-refractivity contribution is -0.0348. The topological polar surface area (TPSA) is 84.5 Å². The molecule has 1 saturated heterocycles. The number of aliphatic hydroxyl groups excluding tert-OH is 1. The number of nitrogens with zero attached hydrogens (tertiary/aromatic N) is 4. The Bertz CT molecular complexity index is 546. The number of hydrogen-bond acceptors (Lipinski definition) is 7. The lowest BCUT2D eigenvalue weighted by Gasteiger charge is -2.33. The molecule has 7 heteroatoms. The van der Waals surface area contributed by atoms with Gasteiger partial charge in [-0.25, -0.2) is 0 Å². The Morgan fingerprint density at radius 3 is 3.15 bits per heavy atom. The molecule has 1 atom stereocenters. The molecule has 2 aromatic heterocycles. The van der Waals surface area contributed by atoms with E-state index in [-0.39, 0.29) is 12.6 Å². The van der Waals surface area contributed by atoms with E-state index in [2.05, 4.69) is 20.0 Å². The Labute approximate surface area is 116 Å². The number of aliphatic hydroxyl groups is 1. The molecule has 20 heavy (non-hydrogen) atoms. The second-order valence-electron chi connectivity index (χ2n) is 4.61. The van der Waals surface area contributed by atoms with Gasteiger partial charge in [0.1, 0.15) is 5.69 Å². The summed E-state index contributed by atoms with van der Waals surface area (Å²) < 4.78 is 10.6. The molecule has 2 aromatic rings. The number of ether oxygens (including phenoxy) is 1. The van der Waals surface area contributed by atoms with E-state index in [0.717, 1.165) is 6.54 Å². The van der Waals surface area contributed by atoms with Crippen LogP contribution in [0.1, 0.15) is 5.89 Å². The Kier molecular flexibility index (Phi) is 4.00. The highest BCUT2D eigenvalue weighted by Crippen LogP contribution is 2.15. The average molecular weight is 276 g/mol. The first-order valence-electron chi connectivity index (χ1n) is 6.53. The molecule has 3 rings (SSSR count). The molecular weight excluding hydrogens is 260 g/mol. The first-order chi connectivity index (χ1) is 9.86. The standard InChI is InChI=1S/C13H16N4O3/c18-8-10-9-19-6-5-17(10)7-12-15-13(16-20-12)11-3-1-2-4-14-11/h1-4,10,18H,5-9H2. The van der Waals surface area contributed by atoms with Crippen molar-refractivity contribution < 1.29 is 14.4 Å². The predicted molar refractivity (Wildman–Crippen MR) is 69.6 cm³/mol. The van der Waals surface area contributed by atoms with Crippen LogP contribution in [0.25, 0.3) is 11.5 Å². The molecule has 0 saturated carbocycles. The SMILES string of the molecule is OCC1COCCN1Cc1nc(-c2ccccn2)no1. The third-order valence-electron chi connectivity index (χ3n) is 3.26. The molecule has 0 aliphatic carbocycles. The van der Waals surface area contributed by atoms with Crippen molar-refractivity contribution >= 4 is 0 Å². The molecule has 1 aliphatic heterocycles. The van der Waals surface area contributed by atoms with E-state index in [4.69, 9.17) is 9.26 Å². The molecular formula is C13H16N4O3. The summed E-state index contributed by atoms with van der Waals surface area (Å²) in [6.07, 6.45) is 1.69. The quantitative estimate of drug-likeness (QED) is 0.861. The van der Waals surface area contributed by atoms with Crippen LogP contribution < -0.4 is 0 Å². The number of aromatic nitrogens is 3. The minimum Gasteiger partial charge on any atom is -0.395 e. The number of morpholine rings is 1. The summed E-state index contributed by atoms with van der Waals surface area (Å²) in [6.45, 7) is 2.48. The Morgan fingerprint density at radius 2 is 2.35 bits per heavy atom. The Balaban J connectivity index is 1.71. The Hall–Kier alpha value is -1.83. The zero-order valence-electron chi connectivity index (χ0n) is 11.0. The van der Waals surface area contributed by atoms with Crippen LogP contribution in [-0.2, 0) is 11.3 Å². The monoisotopic (exact) mass is 276 g/mol. The minimum atomic E-state index is -0.0195. The smallest absolute Gasteiger partial charge is 0.241 e. The molecule has 106 valence electrons. The van der Waals surface area contributed by atoms with Crippen LogP contribution in [0.2, 0.25) is 0 Å². The fraction of sp³-hybridized carbons (Fsp3) is 0.462. The fourth-order valence-electron chi connectivity index (χ4n) is 2.16. The van der Waals surface area contributed by atoms with Crippen LogP contribution in [0, 0.1) is 0 Å². The highest BCUT2D eigenvalue weighted by atomic mass is 16.5. The van der Waals surface area contributed by atoms with E-state index < -0.39 is 0 Å². The summed E-state index contributed by atoms with van der Waals surface area (Å²) in [5, 5.41) is 13.3. The molecule has 0 aromatic carbocycles. The van der Waals surface area contributed by atoms with Crippen molar-refractivity contribution in [3.63, 3.8) is 0 Å². The molecule has 0 bridgehead atoms. The molecule has 1 N–H and O–H groups in total. The van der Waals surface area contributed by atoms with Crippen LogP contribution in [0.15, 0.2) is 28.9 Å². The molecule has 0 radical (unpaired) electrons. The third-order valence-corrected chi connectivity index (χ3v) is 3.26. The first-order valence-corrected chi connectivity index (χ1v) is 6.53. The maximum absolute atomic E-state index is 9.32. The minimum absolute atomic E-state index is 0.0195. The van der Waals surface area contributed by atoms with Crippen LogP contribution in [0.4, 0.5) is 0 Å². The van der Waals surface area contributed by atoms with Gasteiger partial charge < -0.3 is 14.4 Å². The van der Waals surface area contributed by atoms with Gasteiger partial charge in [-0.2, -0.15) is 4.98 Å². The van der Waals surface area contributed by atoms with E-state index in [1.807, 2.05) is 18.2 Å². The number of rotatable bonds is 4. The second-order valence-corrected chi connectivity index (χ2v) is 4.61. The van der Waals surface area contributed by atoms with Crippen molar-refractivity contribution in [3.05, 3.63) is 30.3 Å². The summed E-state index contributed by atoms with van der Waals surface area (Å²) in [5.74, 6) is 1.00. The van der Waals surface area contributed by atoms with Crippen LogP contribution >= 0.6 is 0 Å². The van der Waals surface area contributed by atoms with Crippen LogP contribution in [0.3, 0.4) is 0 Å². The van der Waals surface area contributed by atoms with Gasteiger partial charge in [0.2, 0.25) is 11.7 Å². The highest BCUT2D eigenvalue weighted by molar-refractivity contribution is 5.46. The van der Waals surface area contributed by atoms with Gasteiger partial charge in [-0.15, -0.1) is 0 Å². The second kappa shape index (κ2) is 6.08. The molecule has 0 amide bonds.